The molecule has 0 saturated heterocycles. The molecule has 1 atom stereocenters. The second-order valence-electron chi connectivity index (χ2n) is 5.93. The summed E-state index contributed by atoms with van der Waals surface area (Å²) in [6, 6.07) is 5.69. The van der Waals surface area contributed by atoms with E-state index in [2.05, 4.69) is 4.98 Å². The third kappa shape index (κ3) is 4.18. The fraction of sp³-hybridized carbons (Fsp3) is 0.294. The Balaban J connectivity index is 2.33. The second-order valence-corrected chi connectivity index (χ2v) is 5.93. The number of rotatable bonds is 6. The van der Waals surface area contributed by atoms with Gasteiger partial charge in [0.25, 0.3) is 5.56 Å². The highest BCUT2D eigenvalue weighted by atomic mass is 16.4. The zero-order valence-electron chi connectivity index (χ0n) is 14.4. The molecule has 1 aromatic carbocycles. The number of benzene rings is 1. The Hall–Kier alpha value is -3.36. The molecular weight excluding hydrogens is 340 g/mol. The molecule has 1 amide bonds. The van der Waals surface area contributed by atoms with E-state index in [-0.39, 0.29) is 12.1 Å². The predicted molar refractivity (Wildman–Crippen MR) is 94.6 cm³/mol. The quantitative estimate of drug-likeness (QED) is 0.616. The lowest BCUT2D eigenvalue weighted by Gasteiger charge is -2.27. The van der Waals surface area contributed by atoms with Crippen LogP contribution in [0.2, 0.25) is 0 Å². The first-order valence-corrected chi connectivity index (χ1v) is 7.86. The van der Waals surface area contributed by atoms with E-state index in [1.54, 1.807) is 24.3 Å². The van der Waals surface area contributed by atoms with Crippen molar-refractivity contribution in [1.82, 2.24) is 14.5 Å². The lowest BCUT2D eigenvalue weighted by Crippen LogP contribution is -2.45. The first-order chi connectivity index (χ1) is 12.2. The van der Waals surface area contributed by atoms with E-state index in [1.165, 1.54) is 20.0 Å². The molecule has 0 aliphatic carbocycles. The van der Waals surface area contributed by atoms with Crippen molar-refractivity contribution in [3.8, 4) is 0 Å². The number of H-pyrrole nitrogens is 1. The van der Waals surface area contributed by atoms with Crippen molar-refractivity contribution in [1.29, 1.82) is 0 Å². The molecule has 0 unspecified atom stereocenters. The number of carboxylic acid groups (broad SMARTS) is 1. The minimum atomic E-state index is -1.18. The normalized spacial score (nSPS) is 11.8. The average Bonchev–Trinajstić information content (AvgIpc) is 2.58. The molecule has 9 nitrogen and oxygen atoms in total. The Morgan fingerprint density at radius 1 is 1.31 bits per heavy atom. The number of nitrogens with one attached hydrogen (secondary N) is 1. The van der Waals surface area contributed by atoms with E-state index >= 15 is 0 Å². The van der Waals surface area contributed by atoms with E-state index in [0.717, 1.165) is 9.47 Å². The lowest BCUT2D eigenvalue weighted by atomic mass is 10.1. The van der Waals surface area contributed by atoms with Crippen LogP contribution in [0.1, 0.15) is 18.1 Å². The van der Waals surface area contributed by atoms with Gasteiger partial charge in [-0.3, -0.25) is 19.1 Å². The van der Waals surface area contributed by atoms with Gasteiger partial charge in [0.15, 0.2) is 0 Å². The summed E-state index contributed by atoms with van der Waals surface area (Å²) in [5.41, 5.74) is 5.90. The van der Waals surface area contributed by atoms with Crippen LogP contribution >= 0.6 is 0 Å². The zero-order valence-corrected chi connectivity index (χ0v) is 14.4. The minimum Gasteiger partial charge on any atom is -0.480 e. The van der Waals surface area contributed by atoms with Gasteiger partial charge >= 0.3 is 11.7 Å². The highest BCUT2D eigenvalue weighted by Gasteiger charge is 2.26. The monoisotopic (exact) mass is 360 g/mol. The number of carbonyl (C=O) groups excluding carboxylic acids is 1. The predicted octanol–water partition coefficient (Wildman–Crippen LogP) is -0.0709. The number of anilines is 1. The van der Waals surface area contributed by atoms with Crippen LogP contribution < -0.4 is 17.0 Å². The molecule has 0 fully saturated rings. The Bertz CT molecular complexity index is 947. The van der Waals surface area contributed by atoms with Crippen molar-refractivity contribution < 1.29 is 14.7 Å². The molecule has 0 spiro atoms. The summed E-state index contributed by atoms with van der Waals surface area (Å²) in [5.74, 6) is -1.77. The highest BCUT2D eigenvalue weighted by Crippen LogP contribution is 2.16. The summed E-state index contributed by atoms with van der Waals surface area (Å²) in [4.78, 5) is 50.6. The first-order valence-electron chi connectivity index (χ1n) is 7.86. The molecule has 0 radical (unpaired) electrons. The first kappa shape index (κ1) is 19.0. The molecule has 138 valence electrons. The van der Waals surface area contributed by atoms with Crippen molar-refractivity contribution in [2.45, 2.75) is 33.0 Å². The van der Waals surface area contributed by atoms with E-state index in [4.69, 9.17) is 5.73 Å². The van der Waals surface area contributed by atoms with Crippen LogP contribution in [0, 0.1) is 6.92 Å². The van der Waals surface area contributed by atoms with Crippen LogP contribution in [0.15, 0.2) is 40.1 Å². The Kier molecular flexibility index (Phi) is 5.61. The third-order valence-electron chi connectivity index (χ3n) is 4.04. The molecular formula is C17H20N4O5. The average molecular weight is 360 g/mol. The van der Waals surface area contributed by atoms with Gasteiger partial charge in [-0.2, -0.15) is 0 Å². The van der Waals surface area contributed by atoms with E-state index in [1.807, 2.05) is 0 Å². The molecule has 26 heavy (non-hydrogen) atoms. The smallest absolute Gasteiger partial charge is 0.328 e. The number of carboxylic acids is 1. The summed E-state index contributed by atoms with van der Waals surface area (Å²) in [6.07, 6.45) is 1.26. The summed E-state index contributed by atoms with van der Waals surface area (Å²) in [5, 5.41) is 9.31. The van der Waals surface area contributed by atoms with Crippen molar-refractivity contribution in [3.63, 3.8) is 0 Å². The summed E-state index contributed by atoms with van der Waals surface area (Å²) >= 11 is 0. The number of amides is 1. The highest BCUT2D eigenvalue weighted by molar-refractivity contribution is 5.83. The maximum atomic E-state index is 12.7. The zero-order chi connectivity index (χ0) is 19.4. The number of nitrogens with zero attached hydrogens (tertiary/aromatic N) is 2. The lowest BCUT2D eigenvalue weighted by molar-refractivity contribution is -0.150. The maximum Gasteiger partial charge on any atom is 0.328 e. The molecule has 9 heteroatoms. The number of hydrogen-bond acceptors (Lipinski definition) is 5. The second kappa shape index (κ2) is 7.68. The fourth-order valence-corrected chi connectivity index (χ4v) is 2.41. The summed E-state index contributed by atoms with van der Waals surface area (Å²) in [6.45, 7) is 2.46. The van der Waals surface area contributed by atoms with Crippen LogP contribution in [0.25, 0.3) is 0 Å². The Morgan fingerprint density at radius 3 is 2.58 bits per heavy atom. The largest absolute Gasteiger partial charge is 0.480 e. The number of aryl methyl sites for hydroxylation is 1. The molecule has 0 saturated carbocycles. The topological polar surface area (TPSA) is 138 Å². The number of nitrogen functional groups attached to an aromatic ring is 1. The molecule has 1 heterocycles. The van der Waals surface area contributed by atoms with Gasteiger partial charge in [0.05, 0.1) is 0 Å². The van der Waals surface area contributed by atoms with Gasteiger partial charge < -0.3 is 15.7 Å². The number of para-hydroxylation sites is 1. The number of aromatic nitrogens is 2. The van der Waals surface area contributed by atoms with Gasteiger partial charge in [-0.05, 0) is 25.5 Å². The molecule has 4 N–H and O–H groups in total. The molecule has 0 aliphatic rings. The molecule has 1 aromatic heterocycles. The molecule has 2 rings (SSSR count). The number of carbonyl (C=O) groups is 2. The van der Waals surface area contributed by atoms with E-state index in [9.17, 15) is 24.3 Å². The molecule has 0 aliphatic heterocycles. The van der Waals surface area contributed by atoms with Crippen LogP contribution in [-0.4, -0.2) is 37.5 Å². The van der Waals surface area contributed by atoms with Crippen LogP contribution in [0.3, 0.4) is 0 Å². The fourth-order valence-electron chi connectivity index (χ4n) is 2.41. The number of aliphatic carboxylic acids is 1. The summed E-state index contributed by atoms with van der Waals surface area (Å²) < 4.78 is 1.04. The van der Waals surface area contributed by atoms with Gasteiger partial charge in [-0.25, -0.2) is 9.59 Å². The van der Waals surface area contributed by atoms with Crippen LogP contribution in [0.4, 0.5) is 5.69 Å². The van der Waals surface area contributed by atoms with Crippen molar-refractivity contribution >= 4 is 17.6 Å². The van der Waals surface area contributed by atoms with Crippen molar-refractivity contribution in [2.75, 3.05) is 5.73 Å². The number of aromatic amines is 1. The summed E-state index contributed by atoms with van der Waals surface area (Å²) in [7, 11) is 0. The minimum absolute atomic E-state index is 0.0178. The maximum absolute atomic E-state index is 12.7. The van der Waals surface area contributed by atoms with Gasteiger partial charge in [-0.1, -0.05) is 18.2 Å². The SMILES string of the molecule is Cc1cn(CC(=O)N(Cc2ccccc2N)[C@H](C)C(=O)O)c(=O)[nH]c1=O. The van der Waals surface area contributed by atoms with E-state index < -0.39 is 35.7 Å². The standard InChI is InChI=1S/C17H20N4O5/c1-10-7-20(17(26)19-15(10)23)9-14(22)21(11(2)16(24)25)8-12-5-3-4-6-13(12)18/h3-7,11H,8-9,18H2,1-2H3,(H,24,25)(H,19,23,26)/t11-/m1/s1. The Labute approximate surface area is 148 Å². The van der Waals surface area contributed by atoms with E-state index in [0.29, 0.717) is 11.3 Å². The van der Waals surface area contributed by atoms with Crippen molar-refractivity contribution in [2.24, 2.45) is 0 Å². The molecule has 0 bridgehead atoms. The number of hydrogen-bond donors (Lipinski definition) is 3. The van der Waals surface area contributed by atoms with Gasteiger partial charge in [0, 0.05) is 24.0 Å². The van der Waals surface area contributed by atoms with Crippen molar-refractivity contribution in [3.05, 3.63) is 62.4 Å². The van der Waals surface area contributed by atoms with Gasteiger partial charge in [0.2, 0.25) is 5.91 Å². The van der Waals surface area contributed by atoms with Crippen LogP contribution in [-0.2, 0) is 22.7 Å². The third-order valence-corrected chi connectivity index (χ3v) is 4.04. The van der Waals surface area contributed by atoms with Gasteiger partial charge in [0.1, 0.15) is 12.6 Å². The van der Waals surface area contributed by atoms with Crippen LogP contribution in [0.5, 0.6) is 0 Å². The number of nitrogens with two attached hydrogens (primary N) is 1. The van der Waals surface area contributed by atoms with Gasteiger partial charge in [-0.15, -0.1) is 0 Å². The molecule has 2 aromatic rings. The Morgan fingerprint density at radius 2 is 1.96 bits per heavy atom.